The van der Waals surface area contributed by atoms with Gasteiger partial charge < -0.3 is 29.7 Å². The van der Waals surface area contributed by atoms with Gasteiger partial charge in [-0.05, 0) is 45.4 Å². The van der Waals surface area contributed by atoms with Gasteiger partial charge in [-0.1, -0.05) is 0 Å². The first kappa shape index (κ1) is 25.6. The molecule has 0 bridgehead atoms. The highest BCUT2D eigenvalue weighted by Crippen LogP contribution is 2.25. The molecular formula is C23H39N5O4. The SMILES string of the molecule is CN=C(NCCCNC(=O)OC(C)(C)C)N1CCN(Cc2cc(OC)ccc2OC)CC1. The Kier molecular flexibility index (Phi) is 9.90. The average Bonchev–Trinajstić information content (AvgIpc) is 2.75. The van der Waals surface area contributed by atoms with Gasteiger partial charge in [0.15, 0.2) is 5.96 Å². The first-order chi connectivity index (χ1) is 15.3. The fraction of sp³-hybridized carbons (Fsp3) is 0.652. The van der Waals surface area contributed by atoms with Crippen molar-refractivity contribution < 1.29 is 19.0 Å². The van der Waals surface area contributed by atoms with Crippen LogP contribution in [0.1, 0.15) is 32.8 Å². The van der Waals surface area contributed by atoms with E-state index in [1.165, 1.54) is 0 Å². The van der Waals surface area contributed by atoms with E-state index in [4.69, 9.17) is 14.2 Å². The molecule has 0 atom stereocenters. The monoisotopic (exact) mass is 449 g/mol. The summed E-state index contributed by atoms with van der Waals surface area (Å²) in [7, 11) is 5.17. The van der Waals surface area contributed by atoms with Crippen LogP contribution in [0.4, 0.5) is 4.79 Å². The molecule has 32 heavy (non-hydrogen) atoms. The lowest BCUT2D eigenvalue weighted by molar-refractivity contribution is 0.0527. The van der Waals surface area contributed by atoms with Crippen molar-refractivity contribution in [3.8, 4) is 11.5 Å². The maximum atomic E-state index is 11.7. The fourth-order valence-corrected chi connectivity index (χ4v) is 3.49. The Bertz CT molecular complexity index is 755. The normalized spacial score (nSPS) is 15.3. The molecule has 1 aliphatic heterocycles. The second-order valence-corrected chi connectivity index (χ2v) is 8.70. The number of alkyl carbamates (subject to hydrolysis) is 1. The van der Waals surface area contributed by atoms with Crippen molar-refractivity contribution in [1.82, 2.24) is 20.4 Å². The number of nitrogens with zero attached hydrogens (tertiary/aromatic N) is 3. The van der Waals surface area contributed by atoms with Crippen molar-refractivity contribution in [3.63, 3.8) is 0 Å². The van der Waals surface area contributed by atoms with Crippen molar-refractivity contribution >= 4 is 12.1 Å². The predicted octanol–water partition coefficient (Wildman–Crippen LogP) is 2.31. The predicted molar refractivity (Wildman–Crippen MR) is 127 cm³/mol. The Morgan fingerprint density at radius 1 is 1.06 bits per heavy atom. The van der Waals surface area contributed by atoms with Gasteiger partial charge in [0.2, 0.25) is 0 Å². The van der Waals surface area contributed by atoms with Crippen molar-refractivity contribution in [2.75, 3.05) is 60.5 Å². The van der Waals surface area contributed by atoms with Crippen LogP contribution in [0.3, 0.4) is 0 Å². The summed E-state index contributed by atoms with van der Waals surface area (Å²) in [6.45, 7) is 11.3. The van der Waals surface area contributed by atoms with Crippen LogP contribution >= 0.6 is 0 Å². The minimum atomic E-state index is -0.482. The number of carbonyl (C=O) groups is 1. The summed E-state index contributed by atoms with van der Waals surface area (Å²) in [5.41, 5.74) is 0.643. The minimum Gasteiger partial charge on any atom is -0.497 e. The van der Waals surface area contributed by atoms with E-state index in [0.29, 0.717) is 6.54 Å². The van der Waals surface area contributed by atoms with Gasteiger partial charge in [-0.15, -0.1) is 0 Å². The molecule has 0 saturated carbocycles. The van der Waals surface area contributed by atoms with E-state index in [1.807, 2.05) is 39.0 Å². The number of carbonyl (C=O) groups excluding carboxylic acids is 1. The molecule has 1 aromatic rings. The van der Waals surface area contributed by atoms with Gasteiger partial charge in [-0.3, -0.25) is 9.89 Å². The number of amides is 1. The topological polar surface area (TPSA) is 87.7 Å². The third-order valence-electron chi connectivity index (χ3n) is 5.07. The van der Waals surface area contributed by atoms with Crippen LogP contribution < -0.4 is 20.1 Å². The average molecular weight is 450 g/mol. The molecule has 0 unspecified atom stereocenters. The standard InChI is InChI=1S/C23H39N5O4/c1-23(2,3)32-22(29)26-11-7-10-25-21(24-4)28-14-12-27(13-15-28)17-18-16-19(30-5)8-9-20(18)31-6/h8-9,16H,7,10-15,17H2,1-6H3,(H,24,25)(H,26,29). The summed E-state index contributed by atoms with van der Waals surface area (Å²) in [6, 6.07) is 5.91. The molecular weight excluding hydrogens is 410 g/mol. The Balaban J connectivity index is 1.73. The first-order valence-electron chi connectivity index (χ1n) is 11.1. The van der Waals surface area contributed by atoms with Crippen LogP contribution in [-0.4, -0.2) is 88.0 Å². The maximum absolute atomic E-state index is 11.7. The molecule has 1 aliphatic rings. The maximum Gasteiger partial charge on any atom is 0.407 e. The van der Waals surface area contributed by atoms with Gasteiger partial charge in [-0.2, -0.15) is 0 Å². The molecule has 9 heteroatoms. The lowest BCUT2D eigenvalue weighted by Gasteiger charge is -2.36. The zero-order chi connectivity index (χ0) is 23.6. The lowest BCUT2D eigenvalue weighted by atomic mass is 10.1. The molecule has 1 amide bonds. The molecule has 1 aromatic carbocycles. The molecule has 1 heterocycles. The Labute approximate surface area is 192 Å². The van der Waals surface area contributed by atoms with Crippen molar-refractivity contribution in [1.29, 1.82) is 0 Å². The summed E-state index contributed by atoms with van der Waals surface area (Å²) < 4.78 is 16.1. The lowest BCUT2D eigenvalue weighted by Crippen LogP contribution is -2.52. The number of aliphatic imine (C=N–C) groups is 1. The molecule has 180 valence electrons. The number of rotatable bonds is 8. The number of benzene rings is 1. The number of hydrogen-bond acceptors (Lipinski definition) is 6. The van der Waals surface area contributed by atoms with Crippen LogP contribution in [0.15, 0.2) is 23.2 Å². The zero-order valence-corrected chi connectivity index (χ0v) is 20.4. The van der Waals surface area contributed by atoms with Gasteiger partial charge >= 0.3 is 6.09 Å². The third kappa shape index (κ3) is 8.45. The van der Waals surface area contributed by atoms with Crippen LogP contribution in [0.2, 0.25) is 0 Å². The van der Waals surface area contributed by atoms with Gasteiger partial charge in [0.05, 0.1) is 14.2 Å². The van der Waals surface area contributed by atoms with Gasteiger partial charge in [0, 0.05) is 58.4 Å². The number of piperazine rings is 1. The van der Waals surface area contributed by atoms with E-state index in [1.54, 1.807) is 21.3 Å². The molecule has 2 rings (SSSR count). The van der Waals surface area contributed by atoms with Crippen molar-refractivity contribution in [3.05, 3.63) is 23.8 Å². The number of guanidine groups is 1. The Morgan fingerprint density at radius 3 is 2.34 bits per heavy atom. The van der Waals surface area contributed by atoms with E-state index >= 15 is 0 Å². The zero-order valence-electron chi connectivity index (χ0n) is 20.4. The highest BCUT2D eigenvalue weighted by Gasteiger charge is 2.21. The second kappa shape index (κ2) is 12.4. The van der Waals surface area contributed by atoms with E-state index < -0.39 is 5.60 Å². The minimum absolute atomic E-state index is 0.384. The second-order valence-electron chi connectivity index (χ2n) is 8.70. The molecule has 1 fully saturated rings. The van der Waals surface area contributed by atoms with Gasteiger partial charge in [0.1, 0.15) is 17.1 Å². The van der Waals surface area contributed by atoms with E-state index in [2.05, 4.69) is 25.4 Å². The van der Waals surface area contributed by atoms with E-state index in [9.17, 15) is 4.79 Å². The van der Waals surface area contributed by atoms with Crippen LogP contribution in [0.25, 0.3) is 0 Å². The number of ether oxygens (including phenoxy) is 3. The number of nitrogens with one attached hydrogen (secondary N) is 2. The van der Waals surface area contributed by atoms with Crippen molar-refractivity contribution in [2.24, 2.45) is 4.99 Å². The largest absolute Gasteiger partial charge is 0.497 e. The molecule has 0 radical (unpaired) electrons. The number of methoxy groups -OCH3 is 2. The first-order valence-corrected chi connectivity index (χ1v) is 11.1. The van der Waals surface area contributed by atoms with Gasteiger partial charge in [-0.25, -0.2) is 4.79 Å². The fourth-order valence-electron chi connectivity index (χ4n) is 3.49. The summed E-state index contributed by atoms with van der Waals surface area (Å²) in [5, 5.41) is 6.16. The molecule has 0 aliphatic carbocycles. The summed E-state index contributed by atoms with van der Waals surface area (Å²) in [4.78, 5) is 20.8. The van der Waals surface area contributed by atoms with Crippen molar-refractivity contribution in [2.45, 2.75) is 39.3 Å². The number of hydrogen-bond donors (Lipinski definition) is 2. The molecule has 2 N–H and O–H groups in total. The Morgan fingerprint density at radius 2 is 1.75 bits per heavy atom. The molecule has 0 aromatic heterocycles. The van der Waals surface area contributed by atoms with Crippen LogP contribution in [-0.2, 0) is 11.3 Å². The quantitative estimate of drug-likeness (QED) is 0.358. The molecule has 1 saturated heterocycles. The molecule has 9 nitrogen and oxygen atoms in total. The van der Waals surface area contributed by atoms with Gasteiger partial charge in [0.25, 0.3) is 0 Å². The highest BCUT2D eigenvalue weighted by molar-refractivity contribution is 5.80. The molecule has 0 spiro atoms. The van der Waals surface area contributed by atoms with Crippen LogP contribution in [0.5, 0.6) is 11.5 Å². The highest BCUT2D eigenvalue weighted by atomic mass is 16.6. The smallest absolute Gasteiger partial charge is 0.407 e. The van der Waals surface area contributed by atoms with E-state index in [-0.39, 0.29) is 6.09 Å². The summed E-state index contributed by atoms with van der Waals surface area (Å²) in [5.74, 6) is 2.61. The Hall–Kier alpha value is -2.68. The summed E-state index contributed by atoms with van der Waals surface area (Å²) in [6.07, 6.45) is 0.402. The summed E-state index contributed by atoms with van der Waals surface area (Å²) >= 11 is 0. The van der Waals surface area contributed by atoms with E-state index in [0.717, 1.165) is 68.7 Å². The van der Waals surface area contributed by atoms with Crippen LogP contribution in [0, 0.1) is 0 Å². The third-order valence-corrected chi connectivity index (χ3v) is 5.07.